The third-order valence-electron chi connectivity index (χ3n) is 4.08. The smallest absolute Gasteiger partial charge is 0.133 e. The number of aromatic nitrogens is 2. The Labute approximate surface area is 144 Å². The van der Waals surface area contributed by atoms with E-state index in [1.807, 2.05) is 16.8 Å². The van der Waals surface area contributed by atoms with Gasteiger partial charge in [-0.05, 0) is 37.6 Å². The van der Waals surface area contributed by atoms with Crippen LogP contribution in [0.1, 0.15) is 11.1 Å². The molecule has 23 heavy (non-hydrogen) atoms. The van der Waals surface area contributed by atoms with Gasteiger partial charge in [0.1, 0.15) is 5.82 Å². The Kier molecular flexibility index (Phi) is 3.55. The van der Waals surface area contributed by atoms with Crippen LogP contribution in [0.25, 0.3) is 16.9 Å². The molecule has 0 unspecified atom stereocenters. The van der Waals surface area contributed by atoms with Gasteiger partial charge in [0.2, 0.25) is 0 Å². The lowest BCUT2D eigenvalue weighted by molar-refractivity contribution is 0.882. The lowest BCUT2D eigenvalue weighted by Gasteiger charge is -2.08. The highest BCUT2D eigenvalue weighted by atomic mass is 35.5. The number of aryl methyl sites for hydroxylation is 1. The molecule has 0 atom stereocenters. The Bertz CT molecular complexity index is 899. The van der Waals surface area contributed by atoms with Crippen LogP contribution in [0.2, 0.25) is 10.0 Å². The summed E-state index contributed by atoms with van der Waals surface area (Å²) in [7, 11) is 0. The summed E-state index contributed by atoms with van der Waals surface area (Å²) in [5, 5.41) is 9.46. The lowest BCUT2D eigenvalue weighted by Crippen LogP contribution is -2.04. The number of hydrogen-bond acceptors (Lipinski definition) is 2. The molecule has 1 aliphatic rings. The predicted molar refractivity (Wildman–Crippen MR) is 96.0 cm³/mol. The van der Waals surface area contributed by atoms with Crippen LogP contribution in [0.15, 0.2) is 42.5 Å². The minimum Gasteiger partial charge on any atom is -0.369 e. The number of hydrogen-bond donors (Lipinski definition) is 1. The average Bonchev–Trinajstić information content (AvgIpc) is 3.10. The van der Waals surface area contributed by atoms with Crippen molar-refractivity contribution in [2.75, 3.05) is 11.9 Å². The van der Waals surface area contributed by atoms with E-state index in [9.17, 15) is 0 Å². The second kappa shape index (κ2) is 5.59. The first-order valence-corrected chi connectivity index (χ1v) is 8.27. The second-order valence-electron chi connectivity index (χ2n) is 5.73. The predicted octanol–water partition coefficient (Wildman–Crippen LogP) is 5.12. The molecule has 116 valence electrons. The first-order valence-electron chi connectivity index (χ1n) is 7.52. The molecule has 4 rings (SSSR count). The average molecular weight is 344 g/mol. The van der Waals surface area contributed by atoms with Gasteiger partial charge in [-0.15, -0.1) is 0 Å². The van der Waals surface area contributed by atoms with Gasteiger partial charge in [-0.1, -0.05) is 47.0 Å². The molecule has 3 nitrogen and oxygen atoms in total. The number of anilines is 1. The van der Waals surface area contributed by atoms with Crippen LogP contribution in [0, 0.1) is 6.92 Å². The number of nitrogens with one attached hydrogen (secondary N) is 1. The van der Waals surface area contributed by atoms with Gasteiger partial charge in [-0.3, -0.25) is 0 Å². The minimum absolute atomic E-state index is 0.590. The summed E-state index contributed by atoms with van der Waals surface area (Å²) < 4.78 is 1.89. The van der Waals surface area contributed by atoms with E-state index in [-0.39, 0.29) is 0 Å². The van der Waals surface area contributed by atoms with Gasteiger partial charge in [0, 0.05) is 22.7 Å². The van der Waals surface area contributed by atoms with Gasteiger partial charge in [0.25, 0.3) is 0 Å². The van der Waals surface area contributed by atoms with Crippen LogP contribution < -0.4 is 5.32 Å². The summed E-state index contributed by atoms with van der Waals surface area (Å²) in [5.41, 5.74) is 5.44. The maximum absolute atomic E-state index is 6.37. The van der Waals surface area contributed by atoms with E-state index >= 15 is 0 Å². The fourth-order valence-electron chi connectivity index (χ4n) is 3.03. The van der Waals surface area contributed by atoms with Crippen molar-refractivity contribution in [1.82, 2.24) is 9.78 Å². The molecule has 0 radical (unpaired) electrons. The Morgan fingerprint density at radius 2 is 2.00 bits per heavy atom. The van der Waals surface area contributed by atoms with Crippen molar-refractivity contribution in [3.8, 4) is 16.9 Å². The summed E-state index contributed by atoms with van der Waals surface area (Å²) in [6.07, 6.45) is 0.962. The third kappa shape index (κ3) is 2.50. The van der Waals surface area contributed by atoms with Crippen molar-refractivity contribution in [3.63, 3.8) is 0 Å². The molecule has 1 N–H and O–H groups in total. The molecule has 0 saturated heterocycles. The van der Waals surface area contributed by atoms with Crippen molar-refractivity contribution in [1.29, 1.82) is 0 Å². The normalized spacial score (nSPS) is 13.0. The van der Waals surface area contributed by atoms with Gasteiger partial charge >= 0.3 is 0 Å². The van der Waals surface area contributed by atoms with Crippen LogP contribution in [0.5, 0.6) is 0 Å². The summed E-state index contributed by atoms with van der Waals surface area (Å²) in [6.45, 7) is 3.01. The molecular weight excluding hydrogens is 329 g/mol. The molecule has 1 aliphatic heterocycles. The molecule has 0 bridgehead atoms. The maximum atomic E-state index is 6.37. The number of nitrogens with zero attached hydrogens (tertiary/aromatic N) is 2. The summed E-state index contributed by atoms with van der Waals surface area (Å²) in [4.78, 5) is 0. The van der Waals surface area contributed by atoms with Crippen LogP contribution >= 0.6 is 23.2 Å². The summed E-state index contributed by atoms with van der Waals surface area (Å²) >= 11 is 12.4. The maximum Gasteiger partial charge on any atom is 0.133 e. The Morgan fingerprint density at radius 3 is 2.78 bits per heavy atom. The Hall–Kier alpha value is -1.97. The van der Waals surface area contributed by atoms with E-state index in [1.165, 1.54) is 11.1 Å². The van der Waals surface area contributed by atoms with Crippen molar-refractivity contribution in [2.45, 2.75) is 13.3 Å². The first-order chi connectivity index (χ1) is 11.1. The van der Waals surface area contributed by atoms with E-state index < -0.39 is 0 Å². The van der Waals surface area contributed by atoms with Crippen molar-refractivity contribution in [2.24, 2.45) is 0 Å². The minimum atomic E-state index is 0.590. The molecule has 0 saturated carbocycles. The standard InChI is InChI=1S/C18H15Cl2N3/c1-11-3-2-4-12(9-11)17-14-7-8-21-18(14)23(22-17)16-6-5-13(19)10-15(16)20/h2-6,9-10,21H,7-8H2,1H3. The largest absolute Gasteiger partial charge is 0.369 e. The van der Waals surface area contributed by atoms with Crippen molar-refractivity contribution >= 4 is 29.0 Å². The van der Waals surface area contributed by atoms with E-state index in [4.69, 9.17) is 28.3 Å². The first kappa shape index (κ1) is 14.6. The highest BCUT2D eigenvalue weighted by Crippen LogP contribution is 2.36. The van der Waals surface area contributed by atoms with E-state index in [0.29, 0.717) is 10.0 Å². The monoisotopic (exact) mass is 343 g/mol. The highest BCUT2D eigenvalue weighted by Gasteiger charge is 2.24. The topological polar surface area (TPSA) is 29.9 Å². The molecule has 3 aromatic rings. The molecule has 2 heterocycles. The van der Waals surface area contributed by atoms with Gasteiger partial charge in [0.15, 0.2) is 0 Å². The van der Waals surface area contributed by atoms with Crippen molar-refractivity contribution < 1.29 is 0 Å². The van der Waals surface area contributed by atoms with E-state index in [0.717, 1.165) is 35.7 Å². The number of rotatable bonds is 2. The molecule has 0 spiro atoms. The number of fused-ring (bicyclic) bond motifs is 1. The van der Waals surface area contributed by atoms with Crippen LogP contribution in [-0.4, -0.2) is 16.3 Å². The summed E-state index contributed by atoms with van der Waals surface area (Å²) in [6, 6.07) is 13.9. The zero-order valence-electron chi connectivity index (χ0n) is 12.6. The van der Waals surface area contributed by atoms with Crippen LogP contribution in [0.4, 0.5) is 5.82 Å². The molecule has 1 aromatic heterocycles. The molecule has 0 fully saturated rings. The molecule has 5 heteroatoms. The molecule has 2 aromatic carbocycles. The van der Waals surface area contributed by atoms with Gasteiger partial charge < -0.3 is 5.32 Å². The second-order valence-corrected chi connectivity index (χ2v) is 6.57. The highest BCUT2D eigenvalue weighted by molar-refractivity contribution is 6.35. The van der Waals surface area contributed by atoms with E-state index in [2.05, 4.69) is 36.5 Å². The van der Waals surface area contributed by atoms with Crippen molar-refractivity contribution in [3.05, 3.63) is 63.6 Å². The fraction of sp³-hybridized carbons (Fsp3) is 0.167. The quantitative estimate of drug-likeness (QED) is 0.699. The van der Waals surface area contributed by atoms with Gasteiger partial charge in [0.05, 0.1) is 16.4 Å². The molecule has 0 aliphatic carbocycles. The van der Waals surface area contributed by atoms with Crippen LogP contribution in [0.3, 0.4) is 0 Å². The van der Waals surface area contributed by atoms with E-state index in [1.54, 1.807) is 6.07 Å². The third-order valence-corrected chi connectivity index (χ3v) is 4.62. The van der Waals surface area contributed by atoms with Crippen LogP contribution in [-0.2, 0) is 6.42 Å². The van der Waals surface area contributed by atoms with Gasteiger partial charge in [-0.25, -0.2) is 4.68 Å². The molecular formula is C18H15Cl2N3. The Balaban J connectivity index is 1.91. The summed E-state index contributed by atoms with van der Waals surface area (Å²) in [5.74, 6) is 1.02. The molecule has 0 amide bonds. The fourth-order valence-corrected chi connectivity index (χ4v) is 3.51. The zero-order valence-corrected chi connectivity index (χ0v) is 14.1. The Morgan fingerprint density at radius 1 is 1.13 bits per heavy atom. The lowest BCUT2D eigenvalue weighted by atomic mass is 10.0. The van der Waals surface area contributed by atoms with Gasteiger partial charge in [-0.2, -0.15) is 5.10 Å². The number of halogens is 2. The zero-order chi connectivity index (χ0) is 16.0. The number of benzene rings is 2. The SMILES string of the molecule is Cc1cccc(-c2nn(-c3ccc(Cl)cc3Cl)c3c2CCN3)c1.